The zero-order valence-corrected chi connectivity index (χ0v) is 23.2. The molecule has 1 N–H and O–H groups in total. The minimum absolute atomic E-state index is 0.158. The Hall–Kier alpha value is -2.23. The summed E-state index contributed by atoms with van der Waals surface area (Å²) < 4.78 is 32.7. The first kappa shape index (κ1) is 26.8. The number of carbonyl (C=O) groups excluding carboxylic acids is 2. The van der Waals surface area contributed by atoms with Crippen molar-refractivity contribution >= 4 is 38.2 Å². The normalized spacial score (nSPS) is 18.9. The van der Waals surface area contributed by atoms with Crippen molar-refractivity contribution in [1.82, 2.24) is 4.31 Å². The summed E-state index contributed by atoms with van der Waals surface area (Å²) in [4.78, 5) is 27.3. The molecule has 4 rings (SSSR count). The number of hydrogen-bond donors (Lipinski definition) is 1. The molecule has 0 bridgehead atoms. The number of nitrogens with zero attached hydrogens (tertiary/aromatic N) is 1. The van der Waals surface area contributed by atoms with Crippen molar-refractivity contribution in [3.05, 3.63) is 45.8 Å². The quantitative estimate of drug-likeness (QED) is 0.496. The minimum Gasteiger partial charge on any atom is -0.462 e. The molecule has 9 heteroatoms. The number of amides is 1. The molecule has 0 saturated carbocycles. The van der Waals surface area contributed by atoms with Crippen LogP contribution in [0.5, 0.6) is 0 Å². The Kier molecular flexibility index (Phi) is 7.92. The van der Waals surface area contributed by atoms with Gasteiger partial charge in [0.05, 0.1) is 17.1 Å². The number of carbonyl (C=O) groups is 2. The third-order valence-corrected chi connectivity index (χ3v) is 10.3. The molecular formula is C27H36N2O5S2. The lowest BCUT2D eigenvalue weighted by Crippen LogP contribution is -2.35. The maximum Gasteiger partial charge on any atom is 0.341 e. The Bertz CT molecular complexity index is 1220. The fraction of sp³-hybridized carbons (Fsp3) is 0.556. The van der Waals surface area contributed by atoms with Crippen LogP contribution >= 0.6 is 11.3 Å². The first-order chi connectivity index (χ1) is 17.0. The predicted octanol–water partition coefficient (Wildman–Crippen LogP) is 5.50. The second kappa shape index (κ2) is 10.6. The van der Waals surface area contributed by atoms with Crippen LogP contribution in [0.4, 0.5) is 5.00 Å². The largest absolute Gasteiger partial charge is 0.462 e. The van der Waals surface area contributed by atoms with Gasteiger partial charge in [-0.3, -0.25) is 4.79 Å². The maximum absolute atomic E-state index is 13.1. The Morgan fingerprint density at radius 3 is 2.39 bits per heavy atom. The molecule has 1 atom stereocenters. The Balaban J connectivity index is 1.57. The summed E-state index contributed by atoms with van der Waals surface area (Å²) in [5.41, 5.74) is 1.94. The molecule has 0 spiro atoms. The van der Waals surface area contributed by atoms with E-state index in [1.807, 2.05) is 0 Å². The Labute approximate surface area is 218 Å². The molecule has 36 heavy (non-hydrogen) atoms. The van der Waals surface area contributed by atoms with Gasteiger partial charge in [0.1, 0.15) is 5.00 Å². The SMILES string of the molecule is CCOC(=O)c1c(NC(=O)c2ccc(S(=O)(=O)N3CCCCC3)cc2)sc2c1CCC(C(C)(C)C)C2. The molecular weight excluding hydrogens is 496 g/mol. The van der Waals surface area contributed by atoms with Crippen molar-refractivity contribution in [1.29, 1.82) is 0 Å². The molecule has 2 aliphatic rings. The smallest absolute Gasteiger partial charge is 0.341 e. The summed E-state index contributed by atoms with van der Waals surface area (Å²) >= 11 is 1.45. The molecule has 2 aromatic rings. The van der Waals surface area contributed by atoms with Crippen molar-refractivity contribution < 1.29 is 22.7 Å². The summed E-state index contributed by atoms with van der Waals surface area (Å²) in [6.45, 7) is 9.79. The first-order valence-electron chi connectivity index (χ1n) is 12.8. The number of hydrogen-bond acceptors (Lipinski definition) is 6. The van der Waals surface area contributed by atoms with Crippen molar-refractivity contribution in [3.63, 3.8) is 0 Å². The molecule has 1 fully saturated rings. The number of rotatable bonds is 6. The van der Waals surface area contributed by atoms with E-state index in [0.717, 1.165) is 49.0 Å². The van der Waals surface area contributed by atoms with Crippen molar-refractivity contribution in [2.45, 2.75) is 71.1 Å². The Morgan fingerprint density at radius 2 is 1.78 bits per heavy atom. The van der Waals surface area contributed by atoms with Gasteiger partial charge in [0.15, 0.2) is 0 Å². The van der Waals surface area contributed by atoms with E-state index in [0.29, 0.717) is 35.1 Å². The number of esters is 1. The predicted molar refractivity (Wildman–Crippen MR) is 142 cm³/mol. The zero-order chi connectivity index (χ0) is 26.1. The van der Waals surface area contributed by atoms with E-state index in [1.165, 1.54) is 39.9 Å². The van der Waals surface area contributed by atoms with E-state index in [2.05, 4.69) is 26.1 Å². The van der Waals surface area contributed by atoms with Crippen LogP contribution in [0.15, 0.2) is 29.2 Å². The topological polar surface area (TPSA) is 92.8 Å². The molecule has 196 valence electrons. The first-order valence-corrected chi connectivity index (χ1v) is 15.0. The van der Waals surface area contributed by atoms with Gasteiger partial charge in [-0.15, -0.1) is 11.3 Å². The lowest BCUT2D eigenvalue weighted by molar-refractivity contribution is 0.0526. The average Bonchev–Trinajstić information content (AvgIpc) is 3.21. The molecule has 1 unspecified atom stereocenters. The average molecular weight is 533 g/mol. The van der Waals surface area contributed by atoms with Gasteiger partial charge >= 0.3 is 5.97 Å². The van der Waals surface area contributed by atoms with Gasteiger partial charge in [-0.1, -0.05) is 27.2 Å². The fourth-order valence-corrected chi connectivity index (χ4v) is 7.87. The number of anilines is 1. The van der Waals surface area contributed by atoms with Crippen LogP contribution in [-0.4, -0.2) is 44.3 Å². The summed E-state index contributed by atoms with van der Waals surface area (Å²) in [7, 11) is -3.56. The van der Waals surface area contributed by atoms with Gasteiger partial charge in [0.25, 0.3) is 5.91 Å². The molecule has 1 aromatic carbocycles. The van der Waals surface area contributed by atoms with Crippen molar-refractivity contribution in [2.24, 2.45) is 11.3 Å². The van der Waals surface area contributed by atoms with Gasteiger partial charge in [0.2, 0.25) is 10.0 Å². The third kappa shape index (κ3) is 5.53. The molecule has 1 aliphatic heterocycles. The van der Waals surface area contributed by atoms with Crippen molar-refractivity contribution in [2.75, 3.05) is 25.0 Å². The molecule has 1 saturated heterocycles. The number of benzene rings is 1. The van der Waals surface area contributed by atoms with E-state index < -0.39 is 16.0 Å². The van der Waals surface area contributed by atoms with Crippen molar-refractivity contribution in [3.8, 4) is 0 Å². The van der Waals surface area contributed by atoms with Crippen LogP contribution in [0.3, 0.4) is 0 Å². The summed E-state index contributed by atoms with van der Waals surface area (Å²) in [5.74, 6) is -0.299. The number of nitrogens with one attached hydrogen (secondary N) is 1. The lowest BCUT2D eigenvalue weighted by Gasteiger charge is -2.33. The number of sulfonamides is 1. The van der Waals surface area contributed by atoms with E-state index in [4.69, 9.17) is 4.74 Å². The second-order valence-electron chi connectivity index (χ2n) is 10.7. The number of thiophene rings is 1. The molecule has 2 heterocycles. The number of piperidine rings is 1. The summed E-state index contributed by atoms with van der Waals surface area (Å²) in [5, 5.41) is 3.42. The van der Waals surface area contributed by atoms with Crippen LogP contribution in [0.2, 0.25) is 0 Å². The highest BCUT2D eigenvalue weighted by Gasteiger charge is 2.34. The van der Waals surface area contributed by atoms with E-state index >= 15 is 0 Å². The highest BCUT2D eigenvalue weighted by molar-refractivity contribution is 7.89. The highest BCUT2D eigenvalue weighted by Crippen LogP contribution is 2.44. The lowest BCUT2D eigenvalue weighted by atomic mass is 9.72. The fourth-order valence-electron chi connectivity index (χ4n) is 5.04. The highest BCUT2D eigenvalue weighted by atomic mass is 32.2. The van der Waals surface area contributed by atoms with E-state index in [9.17, 15) is 18.0 Å². The monoisotopic (exact) mass is 532 g/mol. The minimum atomic E-state index is -3.56. The van der Waals surface area contributed by atoms with Crippen LogP contribution in [0.25, 0.3) is 0 Å². The Morgan fingerprint density at radius 1 is 1.11 bits per heavy atom. The van der Waals surface area contributed by atoms with Gasteiger partial charge in [0, 0.05) is 23.5 Å². The zero-order valence-electron chi connectivity index (χ0n) is 21.6. The van der Waals surface area contributed by atoms with Crippen LogP contribution in [0.1, 0.15) is 84.5 Å². The van der Waals surface area contributed by atoms with Gasteiger partial charge in [-0.25, -0.2) is 13.2 Å². The second-order valence-corrected chi connectivity index (χ2v) is 13.7. The van der Waals surface area contributed by atoms with Crippen LogP contribution < -0.4 is 5.32 Å². The van der Waals surface area contributed by atoms with Crippen LogP contribution in [0, 0.1) is 11.3 Å². The van der Waals surface area contributed by atoms with Gasteiger partial charge in [-0.2, -0.15) is 4.31 Å². The van der Waals surface area contributed by atoms with Gasteiger partial charge in [-0.05, 0) is 80.2 Å². The summed E-state index contributed by atoms with van der Waals surface area (Å²) in [6, 6.07) is 6.02. The standard InChI is InChI=1S/C27H36N2O5S2/c1-5-34-26(31)23-21-14-11-19(27(2,3)4)17-22(21)35-25(23)28-24(30)18-9-12-20(13-10-18)36(32,33)29-15-7-6-8-16-29/h9-10,12-13,19H,5-8,11,14-17H2,1-4H3,(H,28,30). The molecule has 7 nitrogen and oxygen atoms in total. The maximum atomic E-state index is 13.1. The van der Waals surface area contributed by atoms with E-state index in [-0.39, 0.29) is 22.8 Å². The molecule has 0 radical (unpaired) electrons. The van der Waals surface area contributed by atoms with Gasteiger partial charge < -0.3 is 10.1 Å². The summed E-state index contributed by atoms with van der Waals surface area (Å²) in [6.07, 6.45) is 5.41. The number of fused-ring (bicyclic) bond motifs is 1. The molecule has 1 amide bonds. The van der Waals surface area contributed by atoms with Crippen LogP contribution in [-0.2, 0) is 27.6 Å². The third-order valence-electron chi connectivity index (χ3n) is 7.27. The number of ether oxygens (including phenoxy) is 1. The molecule has 1 aromatic heterocycles. The molecule has 1 aliphatic carbocycles. The van der Waals surface area contributed by atoms with E-state index in [1.54, 1.807) is 6.92 Å².